The van der Waals surface area contributed by atoms with Gasteiger partial charge in [0, 0.05) is 13.2 Å². The average Bonchev–Trinajstić information content (AvgIpc) is 2.99. The Morgan fingerprint density at radius 2 is 2.12 bits per heavy atom. The van der Waals surface area contributed by atoms with E-state index >= 15 is 0 Å². The van der Waals surface area contributed by atoms with E-state index in [0.717, 1.165) is 12.5 Å². The number of nitrogens with two attached hydrogens (primary N) is 1. The molecule has 1 fully saturated rings. The molecule has 1 rings (SSSR count). The van der Waals surface area contributed by atoms with Crippen molar-refractivity contribution in [2.75, 3.05) is 19.8 Å². The molecule has 0 saturated heterocycles. The van der Waals surface area contributed by atoms with Gasteiger partial charge >= 0.3 is 0 Å². The molecule has 3 N–H and O–H groups in total. The van der Waals surface area contributed by atoms with Crippen molar-refractivity contribution in [3.8, 4) is 0 Å². The van der Waals surface area contributed by atoms with Gasteiger partial charge in [0.1, 0.15) is 0 Å². The van der Waals surface area contributed by atoms with Crippen molar-refractivity contribution < 1.29 is 9.53 Å². The SMILES string of the molecule is CC(C)[C@H](N)C(=O)NCCOCC1CC1.Cl. The summed E-state index contributed by atoms with van der Waals surface area (Å²) in [5.41, 5.74) is 5.68. The minimum atomic E-state index is -0.409. The molecule has 1 aliphatic carbocycles. The predicted octanol–water partition coefficient (Wildman–Crippen LogP) is 0.934. The summed E-state index contributed by atoms with van der Waals surface area (Å²) in [4.78, 5) is 11.4. The number of amides is 1. The van der Waals surface area contributed by atoms with Crippen LogP contribution in [0.25, 0.3) is 0 Å². The van der Waals surface area contributed by atoms with Crippen LogP contribution >= 0.6 is 12.4 Å². The van der Waals surface area contributed by atoms with Crippen LogP contribution in [0.2, 0.25) is 0 Å². The molecular formula is C11H23ClN2O2. The van der Waals surface area contributed by atoms with E-state index in [1.54, 1.807) is 0 Å². The van der Waals surface area contributed by atoms with Gasteiger partial charge in [-0.1, -0.05) is 13.8 Å². The fraction of sp³-hybridized carbons (Fsp3) is 0.909. The van der Waals surface area contributed by atoms with E-state index < -0.39 is 6.04 Å². The van der Waals surface area contributed by atoms with Crippen LogP contribution in [0, 0.1) is 11.8 Å². The molecule has 0 radical (unpaired) electrons. The Morgan fingerprint density at radius 3 is 2.62 bits per heavy atom. The zero-order valence-electron chi connectivity index (χ0n) is 10.1. The maximum absolute atomic E-state index is 11.4. The van der Waals surface area contributed by atoms with E-state index in [0.29, 0.717) is 13.2 Å². The third-order valence-corrected chi connectivity index (χ3v) is 2.62. The van der Waals surface area contributed by atoms with Gasteiger partial charge in [0.05, 0.1) is 12.6 Å². The highest BCUT2D eigenvalue weighted by Gasteiger charge is 2.21. The molecule has 0 aromatic rings. The van der Waals surface area contributed by atoms with Gasteiger partial charge in [0.15, 0.2) is 0 Å². The van der Waals surface area contributed by atoms with Gasteiger partial charge in [0.25, 0.3) is 0 Å². The van der Waals surface area contributed by atoms with Crippen LogP contribution in [0.3, 0.4) is 0 Å². The third kappa shape index (κ3) is 6.30. The van der Waals surface area contributed by atoms with Crippen LogP contribution in [0.1, 0.15) is 26.7 Å². The summed E-state index contributed by atoms with van der Waals surface area (Å²) in [7, 11) is 0. The molecule has 1 saturated carbocycles. The monoisotopic (exact) mass is 250 g/mol. The maximum Gasteiger partial charge on any atom is 0.237 e. The molecule has 0 aromatic carbocycles. The number of rotatable bonds is 7. The lowest BCUT2D eigenvalue weighted by Crippen LogP contribution is -2.44. The molecule has 1 atom stereocenters. The van der Waals surface area contributed by atoms with Gasteiger partial charge < -0.3 is 15.8 Å². The number of hydrogen-bond donors (Lipinski definition) is 2. The minimum absolute atomic E-state index is 0. The van der Waals surface area contributed by atoms with Crippen LogP contribution in [0.5, 0.6) is 0 Å². The fourth-order valence-electron chi connectivity index (χ4n) is 1.20. The molecule has 0 aliphatic heterocycles. The van der Waals surface area contributed by atoms with E-state index in [9.17, 15) is 4.79 Å². The zero-order valence-corrected chi connectivity index (χ0v) is 10.9. The first-order valence-corrected chi connectivity index (χ1v) is 5.72. The molecule has 5 heteroatoms. The first-order valence-electron chi connectivity index (χ1n) is 5.72. The van der Waals surface area contributed by atoms with Gasteiger partial charge in [-0.15, -0.1) is 12.4 Å². The summed E-state index contributed by atoms with van der Waals surface area (Å²) >= 11 is 0. The average molecular weight is 251 g/mol. The molecule has 0 heterocycles. The molecule has 16 heavy (non-hydrogen) atoms. The van der Waals surface area contributed by atoms with E-state index in [4.69, 9.17) is 10.5 Å². The van der Waals surface area contributed by atoms with Crippen LogP contribution < -0.4 is 11.1 Å². The highest BCUT2D eigenvalue weighted by atomic mass is 35.5. The Morgan fingerprint density at radius 1 is 1.50 bits per heavy atom. The quantitative estimate of drug-likeness (QED) is 0.661. The smallest absolute Gasteiger partial charge is 0.237 e. The van der Waals surface area contributed by atoms with Gasteiger partial charge in [-0.2, -0.15) is 0 Å². The summed E-state index contributed by atoms with van der Waals surface area (Å²) in [6.45, 7) is 5.87. The second-order valence-corrected chi connectivity index (χ2v) is 4.58. The Hall–Kier alpha value is -0.320. The lowest BCUT2D eigenvalue weighted by atomic mass is 10.1. The largest absolute Gasteiger partial charge is 0.379 e. The normalized spacial score (nSPS) is 16.8. The van der Waals surface area contributed by atoms with E-state index in [1.807, 2.05) is 13.8 Å². The highest BCUT2D eigenvalue weighted by Crippen LogP contribution is 2.28. The molecular weight excluding hydrogens is 228 g/mol. The summed E-state index contributed by atoms with van der Waals surface area (Å²) in [6, 6.07) is -0.409. The van der Waals surface area contributed by atoms with Crippen LogP contribution in [-0.4, -0.2) is 31.7 Å². The lowest BCUT2D eigenvalue weighted by molar-refractivity contribution is -0.123. The standard InChI is InChI=1S/C11H22N2O2.ClH/c1-8(2)10(12)11(14)13-5-6-15-7-9-3-4-9;/h8-10H,3-7,12H2,1-2H3,(H,13,14);1H/t10-;/m0./s1. The molecule has 0 bridgehead atoms. The Bertz CT molecular complexity index is 208. The first kappa shape index (κ1) is 15.7. The van der Waals surface area contributed by atoms with Crippen LogP contribution in [-0.2, 0) is 9.53 Å². The molecule has 96 valence electrons. The summed E-state index contributed by atoms with van der Waals surface area (Å²) < 4.78 is 5.39. The van der Waals surface area contributed by atoms with Crippen molar-refractivity contribution in [1.29, 1.82) is 0 Å². The number of hydrogen-bond acceptors (Lipinski definition) is 3. The van der Waals surface area contributed by atoms with Gasteiger partial charge in [-0.05, 0) is 24.7 Å². The molecule has 0 spiro atoms. The highest BCUT2D eigenvalue weighted by molar-refractivity contribution is 5.85. The topological polar surface area (TPSA) is 64.4 Å². The summed E-state index contributed by atoms with van der Waals surface area (Å²) in [6.07, 6.45) is 2.59. The number of carbonyl (C=O) groups excluding carboxylic acids is 1. The second-order valence-electron chi connectivity index (χ2n) is 4.58. The minimum Gasteiger partial charge on any atom is -0.379 e. The molecule has 4 nitrogen and oxygen atoms in total. The molecule has 1 amide bonds. The van der Waals surface area contributed by atoms with E-state index in [1.165, 1.54) is 12.8 Å². The number of ether oxygens (including phenoxy) is 1. The van der Waals surface area contributed by atoms with Crippen LogP contribution in [0.15, 0.2) is 0 Å². The van der Waals surface area contributed by atoms with Crippen molar-refractivity contribution in [2.24, 2.45) is 17.6 Å². The molecule has 0 unspecified atom stereocenters. The third-order valence-electron chi connectivity index (χ3n) is 2.62. The van der Waals surface area contributed by atoms with Gasteiger partial charge in [-0.3, -0.25) is 4.79 Å². The summed E-state index contributed by atoms with van der Waals surface area (Å²) in [5, 5.41) is 2.77. The second kappa shape index (κ2) is 7.87. The van der Waals surface area contributed by atoms with Crippen LogP contribution in [0.4, 0.5) is 0 Å². The van der Waals surface area contributed by atoms with Crippen molar-refractivity contribution in [1.82, 2.24) is 5.32 Å². The number of carbonyl (C=O) groups is 1. The van der Waals surface area contributed by atoms with Crippen molar-refractivity contribution >= 4 is 18.3 Å². The Kier molecular flexibility index (Phi) is 7.72. The van der Waals surface area contributed by atoms with Gasteiger partial charge in [-0.25, -0.2) is 0 Å². The van der Waals surface area contributed by atoms with Crippen molar-refractivity contribution in [3.63, 3.8) is 0 Å². The number of halogens is 1. The summed E-state index contributed by atoms with van der Waals surface area (Å²) in [5.74, 6) is 0.871. The molecule has 0 aromatic heterocycles. The molecule has 1 aliphatic rings. The fourth-order valence-corrected chi connectivity index (χ4v) is 1.20. The lowest BCUT2D eigenvalue weighted by Gasteiger charge is -2.15. The van der Waals surface area contributed by atoms with Gasteiger partial charge in [0.2, 0.25) is 5.91 Å². The Labute approximate surface area is 104 Å². The van der Waals surface area contributed by atoms with Crippen molar-refractivity contribution in [2.45, 2.75) is 32.7 Å². The Balaban J connectivity index is 0.00000225. The van der Waals surface area contributed by atoms with E-state index in [-0.39, 0.29) is 24.2 Å². The first-order chi connectivity index (χ1) is 7.11. The van der Waals surface area contributed by atoms with Crippen molar-refractivity contribution in [3.05, 3.63) is 0 Å². The maximum atomic E-state index is 11.4. The van der Waals surface area contributed by atoms with E-state index in [2.05, 4.69) is 5.32 Å². The predicted molar refractivity (Wildman–Crippen MR) is 66.6 cm³/mol. The zero-order chi connectivity index (χ0) is 11.3. The number of nitrogens with one attached hydrogen (secondary N) is 1.